The molecule has 1 amide bonds. The van der Waals surface area contributed by atoms with Gasteiger partial charge in [-0.2, -0.15) is 0 Å². The summed E-state index contributed by atoms with van der Waals surface area (Å²) in [5, 5.41) is 3.09. The maximum atomic E-state index is 12.7. The molecule has 0 saturated carbocycles. The van der Waals surface area contributed by atoms with Gasteiger partial charge in [0.05, 0.1) is 11.1 Å². The molecule has 1 unspecified atom stereocenters. The van der Waals surface area contributed by atoms with Crippen LogP contribution in [0.1, 0.15) is 44.4 Å². The van der Waals surface area contributed by atoms with Gasteiger partial charge in [-0.25, -0.2) is 0 Å². The van der Waals surface area contributed by atoms with Crippen molar-refractivity contribution in [3.05, 3.63) is 81.4 Å². The van der Waals surface area contributed by atoms with Crippen LogP contribution in [0.4, 0.5) is 0 Å². The lowest BCUT2D eigenvalue weighted by atomic mass is 10.0. The minimum atomic E-state index is -0.286. The first kappa shape index (κ1) is 15.6. The number of benzene rings is 1. The van der Waals surface area contributed by atoms with E-state index in [1.165, 1.54) is 10.4 Å². The predicted octanol–water partition coefficient (Wildman–Crippen LogP) is 4.73. The molecule has 1 aromatic carbocycles. The zero-order valence-electron chi connectivity index (χ0n) is 13.2. The van der Waals surface area contributed by atoms with Gasteiger partial charge in [0, 0.05) is 4.88 Å². The minimum absolute atomic E-state index is 0.0666. The van der Waals surface area contributed by atoms with Crippen molar-refractivity contribution in [1.29, 1.82) is 0 Å². The number of hydrogen-bond acceptors (Lipinski definition) is 3. The van der Waals surface area contributed by atoms with E-state index in [1.807, 2.05) is 55.5 Å². The minimum Gasteiger partial charge on any atom is -0.467 e. The molecule has 3 nitrogen and oxygen atoms in total. The molecule has 0 spiro atoms. The lowest BCUT2D eigenvalue weighted by Crippen LogP contribution is -2.28. The van der Waals surface area contributed by atoms with E-state index < -0.39 is 0 Å². The fourth-order valence-electron chi connectivity index (χ4n) is 2.60. The van der Waals surface area contributed by atoms with Crippen molar-refractivity contribution in [2.75, 3.05) is 0 Å². The van der Waals surface area contributed by atoms with Crippen LogP contribution in [-0.4, -0.2) is 5.91 Å². The van der Waals surface area contributed by atoms with E-state index in [0.717, 1.165) is 22.6 Å². The molecule has 0 fully saturated rings. The van der Waals surface area contributed by atoms with Crippen molar-refractivity contribution >= 4 is 17.2 Å². The van der Waals surface area contributed by atoms with Crippen LogP contribution in [0, 0.1) is 6.92 Å². The van der Waals surface area contributed by atoms with Gasteiger partial charge in [0.1, 0.15) is 11.8 Å². The summed E-state index contributed by atoms with van der Waals surface area (Å²) in [6, 6.07) is 15.3. The van der Waals surface area contributed by atoms with E-state index in [4.69, 9.17) is 4.42 Å². The van der Waals surface area contributed by atoms with Crippen LogP contribution in [0.2, 0.25) is 0 Å². The molecule has 118 valence electrons. The van der Waals surface area contributed by atoms with Gasteiger partial charge in [-0.05, 0) is 42.7 Å². The summed E-state index contributed by atoms with van der Waals surface area (Å²) in [6.45, 7) is 4.16. The number of carbonyl (C=O) groups excluding carboxylic acids is 1. The molecule has 0 aliphatic heterocycles. The first-order valence-electron chi connectivity index (χ1n) is 7.67. The largest absolute Gasteiger partial charge is 0.467 e. The highest BCUT2D eigenvalue weighted by atomic mass is 32.1. The van der Waals surface area contributed by atoms with Gasteiger partial charge in [0.15, 0.2) is 0 Å². The molecule has 2 heterocycles. The van der Waals surface area contributed by atoms with Crippen molar-refractivity contribution in [3.8, 4) is 0 Å². The van der Waals surface area contributed by atoms with Gasteiger partial charge in [0.2, 0.25) is 0 Å². The average molecular weight is 325 g/mol. The van der Waals surface area contributed by atoms with Crippen LogP contribution < -0.4 is 5.32 Å². The van der Waals surface area contributed by atoms with Crippen LogP contribution in [0.15, 0.2) is 59.2 Å². The standard InChI is InChI=1S/C19H19NO2S/c1-3-16-13(2)12-17(23-16)19(21)20-18(15-10-7-11-22-15)14-8-5-4-6-9-14/h4-12,18H,3H2,1-2H3,(H,20,21). The fourth-order valence-corrected chi connectivity index (χ4v) is 3.62. The predicted molar refractivity (Wildman–Crippen MR) is 92.9 cm³/mol. The Labute approximate surface area is 140 Å². The summed E-state index contributed by atoms with van der Waals surface area (Å²) in [6.07, 6.45) is 2.58. The van der Waals surface area contributed by atoms with Gasteiger partial charge in [0.25, 0.3) is 5.91 Å². The third-order valence-electron chi connectivity index (χ3n) is 3.80. The summed E-state index contributed by atoms with van der Waals surface area (Å²) < 4.78 is 5.53. The number of aryl methyl sites for hydroxylation is 2. The lowest BCUT2D eigenvalue weighted by molar-refractivity contribution is 0.0943. The molecule has 0 aliphatic carbocycles. The number of thiophene rings is 1. The molecule has 0 aliphatic rings. The van der Waals surface area contributed by atoms with E-state index in [0.29, 0.717) is 0 Å². The highest BCUT2D eigenvalue weighted by Gasteiger charge is 2.21. The Morgan fingerprint density at radius 3 is 2.61 bits per heavy atom. The van der Waals surface area contributed by atoms with Gasteiger partial charge in [-0.3, -0.25) is 4.79 Å². The molecule has 3 rings (SSSR count). The number of rotatable bonds is 5. The number of furan rings is 1. The molecule has 1 atom stereocenters. The molecule has 0 saturated heterocycles. The monoisotopic (exact) mass is 325 g/mol. The number of amides is 1. The van der Waals surface area contributed by atoms with E-state index in [9.17, 15) is 4.79 Å². The Kier molecular flexibility index (Phi) is 4.63. The number of nitrogens with one attached hydrogen (secondary N) is 1. The lowest BCUT2D eigenvalue weighted by Gasteiger charge is -2.16. The zero-order chi connectivity index (χ0) is 16.2. The molecule has 4 heteroatoms. The van der Waals surface area contributed by atoms with Crippen molar-refractivity contribution < 1.29 is 9.21 Å². The Morgan fingerprint density at radius 1 is 1.22 bits per heavy atom. The van der Waals surface area contributed by atoms with Gasteiger partial charge < -0.3 is 9.73 Å². The third-order valence-corrected chi connectivity index (χ3v) is 5.18. The first-order chi connectivity index (χ1) is 11.2. The summed E-state index contributed by atoms with van der Waals surface area (Å²) in [5.74, 6) is 0.664. The van der Waals surface area contributed by atoms with Crippen LogP contribution in [0.3, 0.4) is 0 Å². The number of hydrogen-bond donors (Lipinski definition) is 1. The molecule has 0 radical (unpaired) electrons. The topological polar surface area (TPSA) is 42.2 Å². The highest BCUT2D eigenvalue weighted by molar-refractivity contribution is 7.14. The first-order valence-corrected chi connectivity index (χ1v) is 8.49. The fraction of sp³-hybridized carbons (Fsp3) is 0.211. The summed E-state index contributed by atoms with van der Waals surface area (Å²) in [4.78, 5) is 14.7. The van der Waals surface area contributed by atoms with Gasteiger partial charge >= 0.3 is 0 Å². The summed E-state index contributed by atoms with van der Waals surface area (Å²) >= 11 is 1.56. The van der Waals surface area contributed by atoms with Crippen LogP contribution in [0.25, 0.3) is 0 Å². The Hall–Kier alpha value is -2.33. The Bertz CT molecular complexity index is 775. The third kappa shape index (κ3) is 3.37. The quantitative estimate of drug-likeness (QED) is 0.737. The molecular formula is C19H19NO2S. The Morgan fingerprint density at radius 2 is 2.00 bits per heavy atom. The maximum absolute atomic E-state index is 12.7. The number of carbonyl (C=O) groups is 1. The molecular weight excluding hydrogens is 306 g/mol. The SMILES string of the molecule is CCc1sc(C(=O)NC(c2ccccc2)c2ccco2)cc1C. The van der Waals surface area contributed by atoms with Crippen molar-refractivity contribution in [3.63, 3.8) is 0 Å². The second-order valence-corrected chi connectivity index (χ2v) is 6.54. The highest BCUT2D eigenvalue weighted by Crippen LogP contribution is 2.26. The van der Waals surface area contributed by atoms with Crippen molar-refractivity contribution in [1.82, 2.24) is 5.32 Å². The maximum Gasteiger partial charge on any atom is 0.262 e. The smallest absolute Gasteiger partial charge is 0.262 e. The van der Waals surface area contributed by atoms with Crippen molar-refractivity contribution in [2.45, 2.75) is 26.3 Å². The van der Waals surface area contributed by atoms with E-state index in [-0.39, 0.29) is 11.9 Å². The average Bonchev–Trinajstić information content (AvgIpc) is 3.22. The van der Waals surface area contributed by atoms with E-state index in [1.54, 1.807) is 17.6 Å². The van der Waals surface area contributed by atoms with E-state index in [2.05, 4.69) is 12.2 Å². The van der Waals surface area contributed by atoms with Crippen LogP contribution in [-0.2, 0) is 6.42 Å². The van der Waals surface area contributed by atoms with Gasteiger partial charge in [-0.1, -0.05) is 37.3 Å². The van der Waals surface area contributed by atoms with Crippen LogP contribution in [0.5, 0.6) is 0 Å². The van der Waals surface area contributed by atoms with Crippen molar-refractivity contribution in [2.24, 2.45) is 0 Å². The second kappa shape index (κ2) is 6.84. The zero-order valence-corrected chi connectivity index (χ0v) is 14.0. The summed E-state index contributed by atoms with van der Waals surface area (Å²) in [5.41, 5.74) is 2.18. The molecule has 1 N–H and O–H groups in total. The molecule has 23 heavy (non-hydrogen) atoms. The van der Waals surface area contributed by atoms with Gasteiger partial charge in [-0.15, -0.1) is 11.3 Å². The molecule has 2 aromatic heterocycles. The Balaban J connectivity index is 1.88. The normalized spacial score (nSPS) is 12.1. The van der Waals surface area contributed by atoms with E-state index >= 15 is 0 Å². The molecule has 3 aromatic rings. The molecule has 0 bridgehead atoms. The second-order valence-electron chi connectivity index (χ2n) is 5.40. The van der Waals surface area contributed by atoms with Crippen LogP contribution >= 0.6 is 11.3 Å². The summed E-state index contributed by atoms with van der Waals surface area (Å²) in [7, 11) is 0.